The van der Waals surface area contributed by atoms with Crippen molar-refractivity contribution in [3.63, 3.8) is 0 Å². The molecule has 2 atom stereocenters. The highest BCUT2D eigenvalue weighted by molar-refractivity contribution is 7.92. The highest BCUT2D eigenvalue weighted by Gasteiger charge is 2.35. The summed E-state index contributed by atoms with van der Waals surface area (Å²) >= 11 is 0. The summed E-state index contributed by atoms with van der Waals surface area (Å²) in [5.41, 5.74) is 2.62. The maximum Gasteiger partial charge on any atom is 0.251 e. The van der Waals surface area contributed by atoms with Gasteiger partial charge in [0.25, 0.3) is 5.91 Å². The second kappa shape index (κ2) is 13.7. The maximum absolute atomic E-state index is 14.1. The number of anilines is 1. The molecule has 0 saturated heterocycles. The van der Waals surface area contributed by atoms with Gasteiger partial charge in [-0.1, -0.05) is 70.4 Å². The Morgan fingerprint density at radius 3 is 2.25 bits per heavy atom. The van der Waals surface area contributed by atoms with Gasteiger partial charge in [0.05, 0.1) is 18.4 Å². The third kappa shape index (κ3) is 9.09. The molecule has 7 nitrogen and oxygen atoms in total. The SMILES string of the molecule is CC(C)(C)c1cccc(C2(NCC(O)C(Cc3cc(F)cc(F)c3)NC(=O)c3cccc(NS(C)(=O)=O)c3)CCCCC2)c1. The number of hydrogen-bond acceptors (Lipinski definition) is 5. The summed E-state index contributed by atoms with van der Waals surface area (Å²) < 4.78 is 53.9. The molecule has 10 heteroatoms. The van der Waals surface area contributed by atoms with E-state index in [4.69, 9.17) is 0 Å². The van der Waals surface area contributed by atoms with Crippen LogP contribution in [0.2, 0.25) is 0 Å². The van der Waals surface area contributed by atoms with Gasteiger partial charge < -0.3 is 15.7 Å². The molecule has 1 aliphatic carbocycles. The lowest BCUT2D eigenvalue weighted by atomic mass is 9.74. The Balaban J connectivity index is 1.59. The Morgan fingerprint density at radius 2 is 1.61 bits per heavy atom. The third-order valence-corrected chi connectivity index (χ3v) is 8.83. The van der Waals surface area contributed by atoms with Crippen molar-refractivity contribution in [1.29, 1.82) is 0 Å². The molecule has 44 heavy (non-hydrogen) atoms. The molecule has 0 bridgehead atoms. The molecule has 3 aromatic rings. The fourth-order valence-corrected chi connectivity index (χ4v) is 6.46. The van der Waals surface area contributed by atoms with Crippen molar-refractivity contribution < 1.29 is 27.1 Å². The molecule has 1 fully saturated rings. The Morgan fingerprint density at radius 1 is 0.955 bits per heavy atom. The molecular formula is C34H43F2N3O4S. The van der Waals surface area contributed by atoms with Crippen LogP contribution in [0.25, 0.3) is 0 Å². The quantitative estimate of drug-likeness (QED) is 0.216. The third-order valence-electron chi connectivity index (χ3n) is 8.22. The molecule has 0 radical (unpaired) electrons. The van der Waals surface area contributed by atoms with Gasteiger partial charge in [-0.15, -0.1) is 0 Å². The van der Waals surface area contributed by atoms with Crippen molar-refractivity contribution in [2.75, 3.05) is 17.5 Å². The van der Waals surface area contributed by atoms with Gasteiger partial charge >= 0.3 is 0 Å². The first-order chi connectivity index (χ1) is 20.6. The summed E-state index contributed by atoms with van der Waals surface area (Å²) in [5, 5.41) is 18.0. The monoisotopic (exact) mass is 627 g/mol. The minimum absolute atomic E-state index is 0.0307. The van der Waals surface area contributed by atoms with Crippen LogP contribution in [0, 0.1) is 11.6 Å². The number of nitrogens with one attached hydrogen (secondary N) is 3. The summed E-state index contributed by atoms with van der Waals surface area (Å²) in [6.45, 7) is 6.64. The zero-order valence-electron chi connectivity index (χ0n) is 25.8. The van der Waals surface area contributed by atoms with Crippen LogP contribution in [0.1, 0.15) is 79.9 Å². The number of carbonyl (C=O) groups excluding carboxylic acids is 1. The average Bonchev–Trinajstić information content (AvgIpc) is 2.94. The lowest BCUT2D eigenvalue weighted by molar-refractivity contribution is 0.0788. The number of rotatable bonds is 11. The van der Waals surface area contributed by atoms with E-state index >= 15 is 0 Å². The Kier molecular flexibility index (Phi) is 10.5. The topological polar surface area (TPSA) is 108 Å². The molecule has 4 rings (SSSR count). The summed E-state index contributed by atoms with van der Waals surface area (Å²) in [7, 11) is -3.56. The lowest BCUT2D eigenvalue weighted by Gasteiger charge is -2.41. The second-order valence-electron chi connectivity index (χ2n) is 12.9. The highest BCUT2D eigenvalue weighted by Crippen LogP contribution is 2.38. The zero-order chi connectivity index (χ0) is 32.1. The van der Waals surface area contributed by atoms with E-state index in [1.54, 1.807) is 0 Å². The van der Waals surface area contributed by atoms with Crippen molar-refractivity contribution in [3.8, 4) is 0 Å². The number of aliphatic hydroxyl groups excluding tert-OH is 1. The number of halogens is 2. The van der Waals surface area contributed by atoms with Gasteiger partial charge in [-0.05, 0) is 71.7 Å². The van der Waals surface area contributed by atoms with Crippen molar-refractivity contribution >= 4 is 21.6 Å². The average molecular weight is 628 g/mol. The number of aliphatic hydroxyl groups is 1. The van der Waals surface area contributed by atoms with Crippen LogP contribution in [-0.2, 0) is 27.4 Å². The number of sulfonamides is 1. The molecule has 0 aromatic heterocycles. The normalized spacial score (nSPS) is 16.6. The van der Waals surface area contributed by atoms with Gasteiger partial charge in [-0.3, -0.25) is 9.52 Å². The zero-order valence-corrected chi connectivity index (χ0v) is 26.6. The molecule has 1 saturated carbocycles. The molecule has 3 aromatic carbocycles. The van der Waals surface area contributed by atoms with Gasteiger partial charge in [0.2, 0.25) is 10.0 Å². The smallest absolute Gasteiger partial charge is 0.251 e. The van der Waals surface area contributed by atoms with Crippen LogP contribution in [0.3, 0.4) is 0 Å². The Hall–Kier alpha value is -3.34. The van der Waals surface area contributed by atoms with Gasteiger partial charge in [0.1, 0.15) is 11.6 Å². The summed E-state index contributed by atoms with van der Waals surface area (Å²) in [6.07, 6.45) is 4.83. The molecule has 1 aliphatic rings. The maximum atomic E-state index is 14.1. The van der Waals surface area contributed by atoms with Crippen LogP contribution < -0.4 is 15.4 Å². The summed E-state index contributed by atoms with van der Waals surface area (Å²) in [5.74, 6) is -2.07. The summed E-state index contributed by atoms with van der Waals surface area (Å²) in [4.78, 5) is 13.4. The molecule has 4 N–H and O–H groups in total. The van der Waals surface area contributed by atoms with E-state index < -0.39 is 39.7 Å². The minimum Gasteiger partial charge on any atom is -0.390 e. The molecule has 0 spiro atoms. The Bertz CT molecular complexity index is 1550. The van der Waals surface area contributed by atoms with E-state index in [1.165, 1.54) is 42.0 Å². The molecule has 2 unspecified atom stereocenters. The lowest BCUT2D eigenvalue weighted by Crippen LogP contribution is -2.53. The van der Waals surface area contributed by atoms with Crippen LogP contribution in [0.5, 0.6) is 0 Å². The fourth-order valence-electron chi connectivity index (χ4n) is 5.90. The van der Waals surface area contributed by atoms with E-state index in [-0.39, 0.29) is 40.7 Å². The van der Waals surface area contributed by atoms with Crippen molar-refractivity contribution in [3.05, 3.63) is 101 Å². The van der Waals surface area contributed by atoms with Crippen LogP contribution >= 0.6 is 0 Å². The van der Waals surface area contributed by atoms with E-state index in [2.05, 4.69) is 60.4 Å². The van der Waals surface area contributed by atoms with Gasteiger partial charge in [-0.25, -0.2) is 17.2 Å². The first-order valence-electron chi connectivity index (χ1n) is 15.0. The van der Waals surface area contributed by atoms with Gasteiger partial charge in [0.15, 0.2) is 0 Å². The molecule has 238 valence electrons. The van der Waals surface area contributed by atoms with Crippen LogP contribution in [-0.4, -0.2) is 44.4 Å². The van der Waals surface area contributed by atoms with E-state index in [0.29, 0.717) is 0 Å². The molecule has 1 amide bonds. The van der Waals surface area contributed by atoms with Gasteiger partial charge in [0, 0.05) is 29.4 Å². The largest absolute Gasteiger partial charge is 0.390 e. The minimum atomic E-state index is -3.56. The molecular weight excluding hydrogens is 584 g/mol. The number of carbonyl (C=O) groups is 1. The predicted octanol–water partition coefficient (Wildman–Crippen LogP) is 5.79. The number of amides is 1. The number of hydrogen-bond donors (Lipinski definition) is 4. The second-order valence-corrected chi connectivity index (χ2v) is 14.7. The van der Waals surface area contributed by atoms with Crippen LogP contribution in [0.15, 0.2) is 66.7 Å². The van der Waals surface area contributed by atoms with Crippen molar-refractivity contribution in [2.45, 2.75) is 82.4 Å². The predicted molar refractivity (Wildman–Crippen MR) is 170 cm³/mol. The standard InChI is InChI=1S/C34H43F2N3O4S/c1-33(2,3)25-11-9-12-26(20-25)34(14-6-5-7-15-34)37-22-31(40)30(18-23-16-27(35)21-28(36)17-23)38-32(41)24-10-8-13-29(19-24)39-44(4,42)43/h8-13,16-17,19-21,30-31,37,39-40H,5-7,14-15,18,22H2,1-4H3,(H,38,41). The first-order valence-corrected chi connectivity index (χ1v) is 16.9. The summed E-state index contributed by atoms with van der Waals surface area (Å²) in [6, 6.07) is 16.7. The molecule has 0 aliphatic heterocycles. The highest BCUT2D eigenvalue weighted by atomic mass is 32.2. The van der Waals surface area contributed by atoms with E-state index in [0.717, 1.165) is 50.0 Å². The van der Waals surface area contributed by atoms with Crippen molar-refractivity contribution in [2.24, 2.45) is 0 Å². The van der Waals surface area contributed by atoms with Gasteiger partial charge in [-0.2, -0.15) is 0 Å². The Labute approximate surface area is 259 Å². The van der Waals surface area contributed by atoms with Crippen LogP contribution in [0.4, 0.5) is 14.5 Å². The van der Waals surface area contributed by atoms with E-state index in [9.17, 15) is 27.1 Å². The first kappa shape index (κ1) is 33.6. The number of benzene rings is 3. The van der Waals surface area contributed by atoms with Crippen molar-refractivity contribution in [1.82, 2.24) is 10.6 Å². The fraction of sp³-hybridized carbons (Fsp3) is 0.441. The van der Waals surface area contributed by atoms with E-state index in [1.807, 2.05) is 0 Å². The molecule has 0 heterocycles.